The van der Waals surface area contributed by atoms with Crippen LogP contribution < -0.4 is 15.0 Å². The van der Waals surface area contributed by atoms with E-state index in [0.29, 0.717) is 16.9 Å². The van der Waals surface area contributed by atoms with E-state index in [-0.39, 0.29) is 18.7 Å². The molecule has 2 aromatic carbocycles. The SMILES string of the molecule is C/C=C/c1ccc(OCC(O)Cn2nc(-c3cccs3)c3ccccc3c2=O)c(OC)c1. The zero-order valence-electron chi connectivity index (χ0n) is 17.9. The van der Waals surface area contributed by atoms with E-state index in [9.17, 15) is 9.90 Å². The second-order valence-electron chi connectivity index (χ2n) is 7.23. The van der Waals surface area contributed by atoms with Crippen molar-refractivity contribution in [3.05, 3.63) is 82.0 Å². The molecule has 1 unspecified atom stereocenters. The Morgan fingerprint density at radius 3 is 2.66 bits per heavy atom. The van der Waals surface area contributed by atoms with Gasteiger partial charge in [0, 0.05) is 5.39 Å². The fourth-order valence-electron chi connectivity index (χ4n) is 3.49. The van der Waals surface area contributed by atoms with Gasteiger partial charge in [0.25, 0.3) is 5.56 Å². The molecule has 0 fully saturated rings. The molecular formula is C25H24N2O4S. The summed E-state index contributed by atoms with van der Waals surface area (Å²) in [7, 11) is 1.57. The predicted octanol–water partition coefficient (Wildman–Crippen LogP) is 4.61. The standard InChI is InChI=1S/C25H24N2O4S/c1-3-7-17-11-12-21(22(14-17)30-2)31-16-18(28)15-27-25(29)20-9-5-4-8-19(20)24(26-27)23-10-6-13-32-23/h3-14,18,28H,15-16H2,1-2H3/b7-3+. The van der Waals surface area contributed by atoms with Gasteiger partial charge in [-0.05, 0) is 42.1 Å². The number of methoxy groups -OCH3 is 1. The van der Waals surface area contributed by atoms with Crippen LogP contribution in [-0.2, 0) is 6.54 Å². The van der Waals surface area contributed by atoms with Gasteiger partial charge in [0.2, 0.25) is 0 Å². The fourth-order valence-corrected chi connectivity index (χ4v) is 4.22. The molecule has 0 aliphatic heterocycles. The first-order valence-corrected chi connectivity index (χ1v) is 11.1. The van der Waals surface area contributed by atoms with E-state index in [1.807, 2.05) is 66.9 Å². The summed E-state index contributed by atoms with van der Waals surface area (Å²) in [6, 6.07) is 16.9. The number of fused-ring (bicyclic) bond motifs is 1. The number of hydrogen-bond donors (Lipinski definition) is 1. The monoisotopic (exact) mass is 448 g/mol. The van der Waals surface area contributed by atoms with Gasteiger partial charge in [-0.25, -0.2) is 4.68 Å². The second kappa shape index (κ2) is 9.80. The first kappa shape index (κ1) is 21.8. The van der Waals surface area contributed by atoms with Gasteiger partial charge in [0.1, 0.15) is 18.4 Å². The topological polar surface area (TPSA) is 73.6 Å². The molecule has 1 N–H and O–H groups in total. The van der Waals surface area contributed by atoms with Gasteiger partial charge in [-0.3, -0.25) is 4.79 Å². The Morgan fingerprint density at radius 1 is 1.12 bits per heavy atom. The van der Waals surface area contributed by atoms with E-state index < -0.39 is 6.10 Å². The minimum atomic E-state index is -0.933. The van der Waals surface area contributed by atoms with Crippen LogP contribution in [-0.4, -0.2) is 34.7 Å². The minimum absolute atomic E-state index is 0.00535. The molecule has 0 bridgehead atoms. The molecule has 0 radical (unpaired) electrons. The van der Waals surface area contributed by atoms with Crippen LogP contribution in [0.25, 0.3) is 27.4 Å². The van der Waals surface area contributed by atoms with Gasteiger partial charge in [0.05, 0.1) is 23.9 Å². The van der Waals surface area contributed by atoms with Crippen LogP contribution in [0.2, 0.25) is 0 Å². The van der Waals surface area contributed by atoms with Crippen LogP contribution in [0.4, 0.5) is 0 Å². The number of nitrogens with zero attached hydrogens (tertiary/aromatic N) is 2. The maximum Gasteiger partial charge on any atom is 0.274 e. The number of rotatable bonds is 8. The molecular weight excluding hydrogens is 424 g/mol. The number of hydrogen-bond acceptors (Lipinski definition) is 6. The molecule has 1 atom stereocenters. The number of ether oxygens (including phenoxy) is 2. The van der Waals surface area contributed by atoms with Gasteiger partial charge >= 0.3 is 0 Å². The van der Waals surface area contributed by atoms with Gasteiger partial charge < -0.3 is 14.6 Å². The smallest absolute Gasteiger partial charge is 0.274 e. The molecule has 0 aliphatic rings. The summed E-state index contributed by atoms with van der Waals surface area (Å²) < 4.78 is 12.5. The Labute approximate surface area is 190 Å². The molecule has 0 amide bonds. The van der Waals surface area contributed by atoms with Crippen LogP contribution in [0.5, 0.6) is 11.5 Å². The first-order chi connectivity index (χ1) is 15.6. The Kier molecular flexibility index (Phi) is 6.68. The average Bonchev–Trinajstić information content (AvgIpc) is 3.35. The molecule has 2 aromatic heterocycles. The number of allylic oxidation sites excluding steroid dienone is 1. The Balaban J connectivity index is 1.56. The molecule has 0 spiro atoms. The number of aliphatic hydroxyl groups excluding tert-OH is 1. The summed E-state index contributed by atoms with van der Waals surface area (Å²) in [5, 5.41) is 18.5. The van der Waals surface area contributed by atoms with Gasteiger partial charge in [-0.1, -0.05) is 42.5 Å². The summed E-state index contributed by atoms with van der Waals surface area (Å²) >= 11 is 1.56. The van der Waals surface area contributed by atoms with Crippen LogP contribution in [0, 0.1) is 0 Å². The molecule has 164 valence electrons. The van der Waals surface area contributed by atoms with Crippen LogP contribution in [0.1, 0.15) is 12.5 Å². The largest absolute Gasteiger partial charge is 0.493 e. The van der Waals surface area contributed by atoms with Crippen molar-refractivity contribution in [2.75, 3.05) is 13.7 Å². The van der Waals surface area contributed by atoms with Crippen molar-refractivity contribution in [1.29, 1.82) is 0 Å². The highest BCUT2D eigenvalue weighted by Crippen LogP contribution is 2.29. The lowest BCUT2D eigenvalue weighted by Gasteiger charge is -2.16. The van der Waals surface area contributed by atoms with Gasteiger partial charge in [0.15, 0.2) is 11.5 Å². The maximum atomic E-state index is 13.0. The van der Waals surface area contributed by atoms with Crippen molar-refractivity contribution in [2.45, 2.75) is 19.6 Å². The zero-order valence-corrected chi connectivity index (χ0v) is 18.7. The van der Waals surface area contributed by atoms with E-state index in [4.69, 9.17) is 9.47 Å². The Morgan fingerprint density at radius 2 is 1.94 bits per heavy atom. The molecule has 0 saturated heterocycles. The van der Waals surface area contributed by atoms with Crippen molar-refractivity contribution < 1.29 is 14.6 Å². The zero-order chi connectivity index (χ0) is 22.5. The number of thiophene rings is 1. The second-order valence-corrected chi connectivity index (χ2v) is 8.18. The maximum absolute atomic E-state index is 13.0. The molecule has 6 nitrogen and oxygen atoms in total. The summed E-state index contributed by atoms with van der Waals surface area (Å²) in [5.41, 5.74) is 1.48. The third-order valence-electron chi connectivity index (χ3n) is 4.98. The van der Waals surface area contributed by atoms with E-state index >= 15 is 0 Å². The Hall–Kier alpha value is -3.42. The van der Waals surface area contributed by atoms with Crippen LogP contribution in [0.3, 0.4) is 0 Å². The molecule has 4 rings (SSSR count). The van der Waals surface area contributed by atoms with E-state index in [0.717, 1.165) is 21.5 Å². The summed E-state index contributed by atoms with van der Waals surface area (Å²) in [6.07, 6.45) is 2.97. The molecule has 32 heavy (non-hydrogen) atoms. The number of aliphatic hydroxyl groups is 1. The van der Waals surface area contributed by atoms with E-state index in [1.54, 1.807) is 30.6 Å². The lowest BCUT2D eigenvalue weighted by atomic mass is 10.1. The predicted molar refractivity (Wildman–Crippen MR) is 129 cm³/mol. The van der Waals surface area contributed by atoms with Gasteiger partial charge in [-0.15, -0.1) is 11.3 Å². The molecule has 0 saturated carbocycles. The highest BCUT2D eigenvalue weighted by Gasteiger charge is 2.16. The summed E-state index contributed by atoms with van der Waals surface area (Å²) in [4.78, 5) is 13.9. The van der Waals surface area contributed by atoms with Crippen LogP contribution >= 0.6 is 11.3 Å². The van der Waals surface area contributed by atoms with Crippen molar-refractivity contribution in [3.63, 3.8) is 0 Å². The van der Waals surface area contributed by atoms with Crippen LogP contribution in [0.15, 0.2) is 70.8 Å². The third kappa shape index (κ3) is 4.59. The van der Waals surface area contributed by atoms with Crippen molar-refractivity contribution in [1.82, 2.24) is 9.78 Å². The lowest BCUT2D eigenvalue weighted by Crippen LogP contribution is -2.32. The van der Waals surface area contributed by atoms with E-state index in [2.05, 4.69) is 5.10 Å². The summed E-state index contributed by atoms with van der Waals surface area (Å²) in [6.45, 7) is 1.95. The molecule has 2 heterocycles. The number of aromatic nitrogens is 2. The van der Waals surface area contributed by atoms with Crippen molar-refractivity contribution >= 4 is 28.2 Å². The molecule has 7 heteroatoms. The molecule has 0 aliphatic carbocycles. The Bertz CT molecular complexity index is 1300. The quantitative estimate of drug-likeness (QED) is 0.426. The average molecular weight is 449 g/mol. The van der Waals surface area contributed by atoms with Gasteiger partial charge in [-0.2, -0.15) is 5.10 Å². The number of benzene rings is 2. The third-order valence-corrected chi connectivity index (χ3v) is 5.86. The highest BCUT2D eigenvalue weighted by molar-refractivity contribution is 7.13. The van der Waals surface area contributed by atoms with Crippen molar-refractivity contribution in [3.8, 4) is 22.1 Å². The normalized spacial score (nSPS) is 12.3. The molecule has 4 aromatic rings. The van der Waals surface area contributed by atoms with E-state index in [1.165, 1.54) is 4.68 Å². The lowest BCUT2D eigenvalue weighted by molar-refractivity contribution is 0.0868. The fraction of sp³-hybridized carbons (Fsp3) is 0.200. The van der Waals surface area contributed by atoms with Crippen molar-refractivity contribution in [2.24, 2.45) is 0 Å². The highest BCUT2D eigenvalue weighted by atomic mass is 32.1. The minimum Gasteiger partial charge on any atom is -0.493 e. The first-order valence-electron chi connectivity index (χ1n) is 10.3. The summed E-state index contributed by atoms with van der Waals surface area (Å²) in [5.74, 6) is 1.10.